The Morgan fingerprint density at radius 3 is 2.48 bits per heavy atom. The van der Waals surface area contributed by atoms with Gasteiger partial charge in [-0.15, -0.1) is 0 Å². The molecule has 0 aliphatic heterocycles. The maximum absolute atomic E-state index is 11.5. The van der Waals surface area contributed by atoms with Crippen LogP contribution in [0.25, 0.3) is 0 Å². The Bertz CT molecular complexity index is 564. The summed E-state index contributed by atoms with van der Waals surface area (Å²) in [6, 6.07) is 7.43. The van der Waals surface area contributed by atoms with Crippen LogP contribution in [-0.2, 0) is 4.79 Å². The molecule has 0 aliphatic carbocycles. The van der Waals surface area contributed by atoms with Gasteiger partial charge in [-0.05, 0) is 18.6 Å². The average molecular weight is 369 g/mol. The number of carbonyl (C=O) groups is 1. The molecule has 6 nitrogen and oxygen atoms in total. The van der Waals surface area contributed by atoms with Crippen LogP contribution in [-0.4, -0.2) is 44.7 Å². The molecule has 0 saturated heterocycles. The van der Waals surface area contributed by atoms with Crippen LogP contribution in [0.3, 0.4) is 0 Å². The second kappa shape index (κ2) is 11.6. The summed E-state index contributed by atoms with van der Waals surface area (Å²) in [4.78, 5) is 15.7. The number of hydrogen-bond acceptors (Lipinski definition) is 3. The van der Waals surface area contributed by atoms with E-state index in [1.807, 2.05) is 38.1 Å². The molecule has 0 saturated carbocycles. The van der Waals surface area contributed by atoms with E-state index in [1.165, 1.54) is 0 Å². The number of rotatable bonds is 9. The highest BCUT2D eigenvalue weighted by Crippen LogP contribution is 2.24. The number of hydrogen-bond donors (Lipinski definition) is 3. The summed E-state index contributed by atoms with van der Waals surface area (Å²) in [6.45, 7) is 7.53. The van der Waals surface area contributed by atoms with Crippen LogP contribution in [0.4, 0.5) is 0 Å². The van der Waals surface area contributed by atoms with Crippen molar-refractivity contribution in [1.29, 1.82) is 0 Å². The molecule has 0 bridgehead atoms. The van der Waals surface area contributed by atoms with E-state index in [9.17, 15) is 4.79 Å². The van der Waals surface area contributed by atoms with Crippen LogP contribution in [0.2, 0.25) is 5.02 Å². The zero-order valence-electron chi connectivity index (χ0n) is 15.4. The lowest BCUT2D eigenvalue weighted by atomic mass is 10.2. The van der Waals surface area contributed by atoms with Gasteiger partial charge in [-0.2, -0.15) is 0 Å². The third-order valence-electron chi connectivity index (χ3n) is 3.55. The Hall–Kier alpha value is -1.95. The van der Waals surface area contributed by atoms with Crippen LogP contribution in [0.5, 0.6) is 5.75 Å². The first-order chi connectivity index (χ1) is 12.0. The van der Waals surface area contributed by atoms with Crippen molar-refractivity contribution < 1.29 is 9.53 Å². The molecule has 0 fully saturated rings. The predicted molar refractivity (Wildman–Crippen MR) is 103 cm³/mol. The van der Waals surface area contributed by atoms with E-state index in [0.29, 0.717) is 36.4 Å². The second-order valence-corrected chi connectivity index (χ2v) is 6.31. The van der Waals surface area contributed by atoms with Gasteiger partial charge in [0.15, 0.2) is 5.96 Å². The topological polar surface area (TPSA) is 74.8 Å². The number of halogens is 1. The van der Waals surface area contributed by atoms with E-state index < -0.39 is 0 Å². The summed E-state index contributed by atoms with van der Waals surface area (Å²) in [6.07, 6.45) is 0.804. The Morgan fingerprint density at radius 2 is 1.88 bits per heavy atom. The molecule has 1 atom stereocenters. The molecule has 1 aromatic carbocycles. The first-order valence-electron chi connectivity index (χ1n) is 8.61. The largest absolute Gasteiger partial charge is 0.487 e. The fourth-order valence-electron chi connectivity index (χ4n) is 1.99. The summed E-state index contributed by atoms with van der Waals surface area (Å²) in [5, 5.41) is 9.84. The first-order valence-corrected chi connectivity index (χ1v) is 8.99. The van der Waals surface area contributed by atoms with Crippen molar-refractivity contribution in [3.8, 4) is 5.75 Å². The van der Waals surface area contributed by atoms with E-state index in [4.69, 9.17) is 16.3 Å². The number of ether oxygens (including phenoxy) is 1. The maximum Gasteiger partial charge on any atom is 0.222 e. The van der Waals surface area contributed by atoms with Crippen molar-refractivity contribution in [3.63, 3.8) is 0 Å². The minimum Gasteiger partial charge on any atom is -0.487 e. The number of carbonyl (C=O) groups excluding carboxylic acids is 1. The van der Waals surface area contributed by atoms with Gasteiger partial charge in [-0.1, -0.05) is 44.5 Å². The molecule has 0 heterocycles. The van der Waals surface area contributed by atoms with Gasteiger partial charge in [-0.3, -0.25) is 9.79 Å². The highest BCUT2D eigenvalue weighted by Gasteiger charge is 2.11. The Kier molecular flexibility index (Phi) is 9.77. The van der Waals surface area contributed by atoms with E-state index in [1.54, 1.807) is 7.05 Å². The molecule has 1 unspecified atom stereocenters. The molecule has 7 heteroatoms. The van der Waals surface area contributed by atoms with E-state index in [-0.39, 0.29) is 17.9 Å². The third-order valence-corrected chi connectivity index (χ3v) is 3.86. The summed E-state index contributed by atoms with van der Waals surface area (Å²) < 4.78 is 5.94. The average Bonchev–Trinajstić information content (AvgIpc) is 2.61. The molecular weight excluding hydrogens is 340 g/mol. The number of guanidine groups is 1. The highest BCUT2D eigenvalue weighted by atomic mass is 35.5. The molecule has 0 radical (unpaired) electrons. The van der Waals surface area contributed by atoms with Crippen LogP contribution in [0.15, 0.2) is 29.3 Å². The second-order valence-electron chi connectivity index (χ2n) is 5.90. The highest BCUT2D eigenvalue weighted by molar-refractivity contribution is 6.32. The molecule has 25 heavy (non-hydrogen) atoms. The fraction of sp³-hybridized carbons (Fsp3) is 0.556. The van der Waals surface area contributed by atoms with Gasteiger partial charge in [0.05, 0.1) is 11.6 Å². The Labute approximate surface area is 155 Å². The number of benzene rings is 1. The molecular formula is C18H29ClN4O2. The van der Waals surface area contributed by atoms with Crippen LogP contribution in [0.1, 0.15) is 27.2 Å². The predicted octanol–water partition coefficient (Wildman–Crippen LogP) is 2.43. The monoisotopic (exact) mass is 368 g/mol. The molecule has 0 spiro atoms. The third kappa shape index (κ3) is 8.12. The normalized spacial score (nSPS) is 12.6. The van der Waals surface area contributed by atoms with E-state index in [0.717, 1.165) is 6.42 Å². The molecule has 1 amide bonds. The minimum atomic E-state index is -0.0286. The van der Waals surface area contributed by atoms with Crippen molar-refractivity contribution in [2.24, 2.45) is 10.9 Å². The summed E-state index contributed by atoms with van der Waals surface area (Å²) >= 11 is 6.13. The van der Waals surface area contributed by atoms with Gasteiger partial charge in [0.25, 0.3) is 0 Å². The summed E-state index contributed by atoms with van der Waals surface area (Å²) in [5.74, 6) is 1.38. The number of amides is 1. The number of nitrogens with zero attached hydrogens (tertiary/aromatic N) is 1. The molecule has 1 rings (SSSR count). The van der Waals surface area contributed by atoms with Crippen molar-refractivity contribution >= 4 is 23.5 Å². The van der Waals surface area contributed by atoms with Gasteiger partial charge in [-0.25, -0.2) is 0 Å². The maximum atomic E-state index is 11.5. The van der Waals surface area contributed by atoms with E-state index in [2.05, 4.69) is 27.9 Å². The lowest BCUT2D eigenvalue weighted by molar-refractivity contribution is -0.123. The molecule has 140 valence electrons. The van der Waals surface area contributed by atoms with Gasteiger partial charge in [0.1, 0.15) is 11.9 Å². The molecule has 1 aromatic rings. The Morgan fingerprint density at radius 1 is 1.20 bits per heavy atom. The van der Waals surface area contributed by atoms with E-state index >= 15 is 0 Å². The van der Waals surface area contributed by atoms with Gasteiger partial charge >= 0.3 is 0 Å². The molecule has 3 N–H and O–H groups in total. The Balaban J connectivity index is 2.37. The SMILES string of the molecule is CCC(CNC(=NC)NCCNC(=O)C(C)C)Oc1ccccc1Cl. The van der Waals surface area contributed by atoms with Crippen LogP contribution in [0, 0.1) is 5.92 Å². The van der Waals surface area contributed by atoms with Crippen molar-refractivity contribution in [2.45, 2.75) is 33.3 Å². The molecule has 0 aromatic heterocycles. The van der Waals surface area contributed by atoms with Crippen molar-refractivity contribution in [1.82, 2.24) is 16.0 Å². The zero-order chi connectivity index (χ0) is 18.7. The lowest BCUT2D eigenvalue weighted by Crippen LogP contribution is -2.45. The minimum absolute atomic E-state index is 0.00953. The number of para-hydroxylation sites is 1. The van der Waals surface area contributed by atoms with Gasteiger partial charge < -0.3 is 20.7 Å². The van der Waals surface area contributed by atoms with Crippen LogP contribution < -0.4 is 20.7 Å². The fourth-order valence-corrected chi connectivity index (χ4v) is 2.17. The zero-order valence-corrected chi connectivity index (χ0v) is 16.2. The smallest absolute Gasteiger partial charge is 0.222 e. The van der Waals surface area contributed by atoms with Crippen molar-refractivity contribution in [3.05, 3.63) is 29.3 Å². The number of nitrogens with one attached hydrogen (secondary N) is 3. The van der Waals surface area contributed by atoms with Gasteiger partial charge in [0, 0.05) is 26.1 Å². The lowest BCUT2D eigenvalue weighted by Gasteiger charge is -2.20. The number of aliphatic imine (C=N–C) groups is 1. The summed E-state index contributed by atoms with van der Waals surface area (Å²) in [5.41, 5.74) is 0. The van der Waals surface area contributed by atoms with Crippen LogP contribution >= 0.6 is 11.6 Å². The van der Waals surface area contributed by atoms with Crippen molar-refractivity contribution in [2.75, 3.05) is 26.7 Å². The van der Waals surface area contributed by atoms with Gasteiger partial charge in [0.2, 0.25) is 5.91 Å². The standard InChI is InChI=1S/C18H29ClN4O2/c1-5-14(25-16-9-7-6-8-15(16)19)12-23-18(20-4)22-11-10-21-17(24)13(2)3/h6-9,13-14H,5,10-12H2,1-4H3,(H,21,24)(H2,20,22,23). The quantitative estimate of drug-likeness (QED) is 0.355. The summed E-state index contributed by atoms with van der Waals surface area (Å²) in [7, 11) is 1.71. The molecule has 0 aliphatic rings. The first kappa shape index (κ1) is 21.1.